The van der Waals surface area contributed by atoms with Crippen molar-refractivity contribution in [1.29, 1.82) is 0 Å². The number of hydrogen-bond acceptors (Lipinski definition) is 12. The van der Waals surface area contributed by atoms with Crippen LogP contribution in [0.5, 0.6) is 0 Å². The van der Waals surface area contributed by atoms with Gasteiger partial charge in [-0.2, -0.15) is 0 Å². The van der Waals surface area contributed by atoms with Crippen LogP contribution in [0.4, 0.5) is 0 Å². The number of oxime groups is 1. The first kappa shape index (κ1) is 72.2. The smallest absolute Gasteiger partial charge is 0.392 e. The van der Waals surface area contributed by atoms with E-state index in [1.165, 1.54) is 29.2 Å². The van der Waals surface area contributed by atoms with Crippen LogP contribution in [0.1, 0.15) is 135 Å². The maximum atomic E-state index is 11.9. The first-order valence-corrected chi connectivity index (χ1v) is 30.9. The number of aldehydes is 1. The molecule has 13 nitrogen and oxygen atoms in total. The minimum atomic E-state index is -3.22. The molecular weight excluding hydrogens is 1220 g/mol. The van der Waals surface area contributed by atoms with E-state index in [1.54, 1.807) is 13.8 Å². The van der Waals surface area contributed by atoms with Crippen LogP contribution < -0.4 is 4.73 Å². The highest BCUT2D eigenvalue weighted by Crippen LogP contribution is 2.61. The number of nitrogens with zero attached hydrogens (tertiary/aromatic N) is 4. The molecular formula is C57H71Cl5IN4O9P. The van der Waals surface area contributed by atoms with Crippen molar-refractivity contribution in [2.24, 2.45) is 5.16 Å². The fourth-order valence-corrected chi connectivity index (χ4v) is 6.88. The molecule has 3 heterocycles. The van der Waals surface area contributed by atoms with E-state index in [0.29, 0.717) is 48.4 Å². The van der Waals surface area contributed by atoms with Crippen LogP contribution in [0.25, 0.3) is 34.4 Å². The second-order valence-corrected chi connectivity index (χ2v) is 24.2. The number of carbonyl (C=O) groups excluding carboxylic acids is 3. The highest BCUT2D eigenvalue weighted by molar-refractivity contribution is 14.1. The molecule has 4 aromatic carbocycles. The fourth-order valence-electron chi connectivity index (χ4n) is 6.07. The molecule has 0 amide bonds. The van der Waals surface area contributed by atoms with Crippen molar-refractivity contribution in [3.8, 4) is 34.4 Å². The molecule has 0 aliphatic carbocycles. The fraction of sp³-hybridized carbons (Fsp3) is 0.351. The van der Waals surface area contributed by atoms with E-state index < -0.39 is 5.20 Å². The van der Waals surface area contributed by atoms with E-state index in [0.717, 1.165) is 91.5 Å². The van der Waals surface area contributed by atoms with Gasteiger partial charge in [0.05, 0.1) is 22.8 Å². The Kier molecular flexibility index (Phi) is 36.3. The molecule has 0 atom stereocenters. The molecule has 0 unspecified atom stereocenters. The van der Waals surface area contributed by atoms with Crippen molar-refractivity contribution in [2.45, 2.75) is 132 Å². The summed E-state index contributed by atoms with van der Waals surface area (Å²) >= 11 is 22.0. The van der Waals surface area contributed by atoms with Crippen molar-refractivity contribution < 1.29 is 42.1 Å². The van der Waals surface area contributed by atoms with Gasteiger partial charge in [-0.3, -0.25) is 18.9 Å². The highest BCUT2D eigenvalue weighted by atomic mass is 127. The largest absolute Gasteiger partial charge is 0.616 e. The summed E-state index contributed by atoms with van der Waals surface area (Å²) in [6.45, 7) is 23.0. The van der Waals surface area contributed by atoms with Crippen molar-refractivity contribution in [2.75, 3.05) is 0 Å². The summed E-state index contributed by atoms with van der Waals surface area (Å²) in [7, 11) is 0. The Labute approximate surface area is 493 Å². The monoisotopic (exact) mass is 1290 g/mol. The average molecular weight is 1290 g/mol. The number of rotatable bonds is 13. The summed E-state index contributed by atoms with van der Waals surface area (Å²) in [6.07, 6.45) is 5.08. The lowest BCUT2D eigenvalue weighted by molar-refractivity contribution is -0.602. The zero-order chi connectivity index (χ0) is 57.5. The molecule has 1 N–H and O–H groups in total. The van der Waals surface area contributed by atoms with Crippen LogP contribution in [0.3, 0.4) is 0 Å². The van der Waals surface area contributed by atoms with Crippen LogP contribution in [0, 0.1) is 39.8 Å². The molecule has 7 rings (SSSR count). The van der Waals surface area contributed by atoms with Crippen LogP contribution in [0.2, 0.25) is 0 Å². The van der Waals surface area contributed by atoms with Gasteiger partial charge in [0.2, 0.25) is 17.5 Å². The molecule has 0 radical (unpaired) electrons. The van der Waals surface area contributed by atoms with E-state index in [1.807, 2.05) is 114 Å². The number of hydrogen-bond donors (Lipinski definition) is 1. The summed E-state index contributed by atoms with van der Waals surface area (Å²) in [4.78, 5) is 39.7. The van der Waals surface area contributed by atoms with Crippen LogP contribution in [-0.4, -0.2) is 38.7 Å². The molecule has 0 saturated carbocycles. The Hall–Kier alpha value is -4.80. The summed E-state index contributed by atoms with van der Waals surface area (Å²) in [6, 6.07) is 31.6. The lowest BCUT2D eigenvalue weighted by atomic mass is 10.1. The van der Waals surface area contributed by atoms with Gasteiger partial charge in [-0.25, -0.2) is 9.97 Å². The van der Waals surface area contributed by atoms with E-state index in [4.69, 9.17) is 30.1 Å². The molecule has 77 heavy (non-hydrogen) atoms. The maximum absolute atomic E-state index is 11.9. The number of aromatic nitrogens is 3. The zero-order valence-corrected chi connectivity index (χ0v) is 52.6. The Bertz CT molecular complexity index is 2750. The molecule has 0 bridgehead atoms. The number of benzene rings is 4. The van der Waals surface area contributed by atoms with Gasteiger partial charge >= 0.3 is 11.1 Å². The van der Waals surface area contributed by atoms with Crippen molar-refractivity contribution in [3.05, 3.63) is 164 Å². The van der Waals surface area contributed by atoms with E-state index in [9.17, 15) is 24.2 Å². The molecule has 0 aliphatic heterocycles. The van der Waals surface area contributed by atoms with E-state index >= 15 is 0 Å². The zero-order valence-electron chi connectivity index (χ0n) is 45.7. The third-order valence-corrected chi connectivity index (χ3v) is 11.6. The highest BCUT2D eigenvalue weighted by Gasteiger charge is 2.21. The number of Topliss-reactive ketones (excluding diaryl/α,β-unsaturated/α-hetero) is 2. The van der Waals surface area contributed by atoms with Crippen molar-refractivity contribution >= 4 is 109 Å². The predicted octanol–water partition coefficient (Wildman–Crippen LogP) is 18.1. The minimum absolute atomic E-state index is 0. The summed E-state index contributed by atoms with van der Waals surface area (Å²) < 4.78 is 28.3. The van der Waals surface area contributed by atoms with Crippen LogP contribution in [-0.2, 0) is 43.7 Å². The summed E-state index contributed by atoms with van der Waals surface area (Å²) in [5, 5.41) is 19.4. The standard InChI is InChI=1S/C13H14ClNO.C13H14INO.C13H15NO2.C8H8O.C5H9NO2.C5H10O.Cl3OP.ClH/c2*1-3-12-11(8-14)15-13(16-12)10-6-4-9(2)5-7-10;1-4-12-10(3)14(15)13(16-12)11-7-5-9(2)6-8-11;1-7-2-4-8(6-9)5-3-7;1-3-5(7)4(2)6-8;1-3-5(6)4-2;1-5(2,3)4;/h2*4-7H,3,8H2,1-2H3;5-8H,4H2,1-3H3;2-6H,1H3;8H,3H2,1-2H3;3-4H2,1-2H3;;1H/b;;;;6-4+;;;. The third kappa shape index (κ3) is 27.6. The van der Waals surface area contributed by atoms with Crippen LogP contribution >= 0.6 is 85.5 Å². The quantitative estimate of drug-likeness (QED) is 0.0133. The Morgan fingerprint density at radius 1 is 0.649 bits per heavy atom. The number of halogens is 6. The van der Waals surface area contributed by atoms with Gasteiger partial charge in [0.1, 0.15) is 29.3 Å². The average Bonchev–Trinajstić information content (AvgIpc) is 4.13. The number of aryl methyl sites for hydroxylation is 7. The minimum Gasteiger partial charge on any atom is -0.616 e. The SMILES string of the molecule is CCC(=O)/C(C)=N/O.CCC(=O)CC.CCc1oc(-c2ccc(C)cc2)[n+]([O-])c1C.CCc1oc(-c2ccc(C)cc2)nc1CCl.CCc1oc(-c2ccc(C)cc2)nc1CI.Cc1ccc(C=O)cc1.Cl.O=P(Cl)(Cl)Cl. The molecule has 0 aliphatic rings. The first-order chi connectivity index (χ1) is 36.0. The molecule has 420 valence electrons. The summed E-state index contributed by atoms with van der Waals surface area (Å²) in [5.41, 5.74) is 11.2. The van der Waals surface area contributed by atoms with Crippen molar-refractivity contribution in [3.63, 3.8) is 0 Å². The van der Waals surface area contributed by atoms with Crippen LogP contribution in [0.15, 0.2) is 115 Å². The molecule has 0 spiro atoms. The number of alkyl halides is 2. The topological polar surface area (TPSA) is 193 Å². The van der Waals surface area contributed by atoms with Gasteiger partial charge in [-0.15, -0.1) is 28.7 Å². The lowest BCUT2D eigenvalue weighted by Crippen LogP contribution is -2.29. The van der Waals surface area contributed by atoms with E-state index in [-0.39, 0.29) is 23.9 Å². The number of ketones is 2. The number of oxazole rings is 3. The maximum Gasteiger partial charge on any atom is 0.392 e. The molecule has 0 saturated heterocycles. The van der Waals surface area contributed by atoms with Gasteiger partial charge in [0.15, 0.2) is 11.5 Å². The van der Waals surface area contributed by atoms with Gasteiger partial charge in [-0.05, 0) is 105 Å². The molecule has 20 heteroatoms. The Morgan fingerprint density at radius 3 is 1.27 bits per heavy atom. The third-order valence-electron chi connectivity index (χ3n) is 10.7. The van der Waals surface area contributed by atoms with Gasteiger partial charge in [0.25, 0.3) is 0 Å². The van der Waals surface area contributed by atoms with Crippen molar-refractivity contribution in [1.82, 2.24) is 9.97 Å². The van der Waals surface area contributed by atoms with E-state index in [2.05, 4.69) is 116 Å². The van der Waals surface area contributed by atoms with Gasteiger partial charge in [0, 0.05) is 66.6 Å². The van der Waals surface area contributed by atoms with Gasteiger partial charge in [-0.1, -0.05) is 152 Å². The second kappa shape index (κ2) is 38.7. The Morgan fingerprint density at radius 2 is 1.01 bits per heavy atom. The molecule has 3 aromatic heterocycles. The molecule has 7 aromatic rings. The normalized spacial score (nSPS) is 10.3. The summed E-state index contributed by atoms with van der Waals surface area (Å²) in [5.74, 6) is 5.05. The molecule has 0 fully saturated rings. The first-order valence-electron chi connectivity index (χ1n) is 24.4. The predicted molar refractivity (Wildman–Crippen MR) is 326 cm³/mol. The number of carbonyl (C=O) groups is 3. The lowest BCUT2D eigenvalue weighted by Gasteiger charge is -1.97. The Balaban J connectivity index is 0.000000909. The second-order valence-electron chi connectivity index (χ2n) is 16.5. The van der Waals surface area contributed by atoms with Gasteiger partial charge < -0.3 is 23.7 Å².